The summed E-state index contributed by atoms with van der Waals surface area (Å²) >= 11 is 0. The Balaban J connectivity index is 3.20. The predicted molar refractivity (Wildman–Crippen MR) is 109 cm³/mol. The van der Waals surface area contributed by atoms with Crippen molar-refractivity contribution in [3.8, 4) is 0 Å². The quantitative estimate of drug-likeness (QED) is 0.265. The molecule has 1 rings (SSSR count). The summed E-state index contributed by atoms with van der Waals surface area (Å²) in [4.78, 5) is 25.9. The molecule has 0 radical (unpaired) electrons. The summed E-state index contributed by atoms with van der Waals surface area (Å²) < 4.78 is 11.1. The van der Waals surface area contributed by atoms with Gasteiger partial charge in [-0.3, -0.25) is 0 Å². The highest BCUT2D eigenvalue weighted by molar-refractivity contribution is 6.00. The molecule has 156 valence electrons. The molecule has 4 nitrogen and oxygen atoms in total. The van der Waals surface area contributed by atoms with Gasteiger partial charge in [0, 0.05) is 5.57 Å². The molecule has 1 aliphatic rings. The Bertz CT molecular complexity index is 493. The van der Waals surface area contributed by atoms with Gasteiger partial charge in [-0.2, -0.15) is 0 Å². The smallest absolute Gasteiger partial charge is 0.334 e. The van der Waals surface area contributed by atoms with Crippen LogP contribution in [0.4, 0.5) is 0 Å². The minimum Gasteiger partial charge on any atom is -0.462 e. The van der Waals surface area contributed by atoms with Crippen molar-refractivity contribution in [3.05, 3.63) is 11.1 Å². The van der Waals surface area contributed by atoms with Crippen molar-refractivity contribution in [3.63, 3.8) is 0 Å². The van der Waals surface area contributed by atoms with Gasteiger partial charge in [-0.1, -0.05) is 66.7 Å². The van der Waals surface area contributed by atoms with Crippen LogP contribution in [0.5, 0.6) is 0 Å². The lowest BCUT2D eigenvalue weighted by Gasteiger charge is -2.28. The SMILES string of the molecule is CCCCOC(=O)C(CC(C)(C)C)=C(C(=O)OCCCC)C1CCCCC1. The van der Waals surface area contributed by atoms with Crippen molar-refractivity contribution < 1.29 is 19.1 Å². The molecule has 1 fully saturated rings. The largest absolute Gasteiger partial charge is 0.462 e. The van der Waals surface area contributed by atoms with E-state index in [4.69, 9.17) is 9.47 Å². The van der Waals surface area contributed by atoms with E-state index in [0.29, 0.717) is 30.8 Å². The topological polar surface area (TPSA) is 52.6 Å². The number of unbranched alkanes of at least 4 members (excludes halogenated alkanes) is 2. The van der Waals surface area contributed by atoms with Crippen LogP contribution in [0.25, 0.3) is 0 Å². The van der Waals surface area contributed by atoms with Crippen LogP contribution in [-0.2, 0) is 19.1 Å². The Morgan fingerprint density at radius 1 is 0.852 bits per heavy atom. The van der Waals surface area contributed by atoms with E-state index in [1.165, 1.54) is 6.42 Å². The summed E-state index contributed by atoms with van der Waals surface area (Å²) in [6.07, 6.45) is 9.48. The second kappa shape index (κ2) is 12.2. The maximum atomic E-state index is 13.0. The molecule has 0 amide bonds. The molecular formula is C23H40O4. The predicted octanol–water partition coefficient (Wildman–Crippen LogP) is 5.99. The van der Waals surface area contributed by atoms with Gasteiger partial charge in [-0.05, 0) is 43.4 Å². The van der Waals surface area contributed by atoms with Gasteiger partial charge in [-0.25, -0.2) is 9.59 Å². The number of hydrogen-bond donors (Lipinski definition) is 0. The molecule has 0 atom stereocenters. The van der Waals surface area contributed by atoms with Gasteiger partial charge in [-0.15, -0.1) is 0 Å². The molecular weight excluding hydrogens is 340 g/mol. The molecule has 1 saturated carbocycles. The molecule has 1 aliphatic carbocycles. The van der Waals surface area contributed by atoms with Crippen molar-refractivity contribution in [1.82, 2.24) is 0 Å². The molecule has 0 aromatic carbocycles. The van der Waals surface area contributed by atoms with Gasteiger partial charge in [0.15, 0.2) is 0 Å². The molecule has 0 heterocycles. The monoisotopic (exact) mass is 380 g/mol. The highest BCUT2D eigenvalue weighted by atomic mass is 16.5. The van der Waals surface area contributed by atoms with Crippen molar-refractivity contribution in [2.75, 3.05) is 13.2 Å². The van der Waals surface area contributed by atoms with Crippen LogP contribution in [0.3, 0.4) is 0 Å². The van der Waals surface area contributed by atoms with E-state index in [0.717, 1.165) is 51.4 Å². The van der Waals surface area contributed by atoms with Crippen molar-refractivity contribution in [1.29, 1.82) is 0 Å². The zero-order valence-electron chi connectivity index (χ0n) is 18.2. The lowest BCUT2D eigenvalue weighted by Crippen LogP contribution is -2.26. The second-order valence-corrected chi connectivity index (χ2v) is 8.94. The number of carbonyl (C=O) groups excluding carboxylic acids is 2. The summed E-state index contributed by atoms with van der Waals surface area (Å²) in [5.41, 5.74) is 1.04. The third-order valence-corrected chi connectivity index (χ3v) is 4.97. The van der Waals surface area contributed by atoms with Gasteiger partial charge >= 0.3 is 11.9 Å². The van der Waals surface area contributed by atoms with Crippen molar-refractivity contribution >= 4 is 11.9 Å². The molecule has 0 bridgehead atoms. The summed E-state index contributed by atoms with van der Waals surface area (Å²) in [6, 6.07) is 0. The molecule has 4 heteroatoms. The molecule has 0 aliphatic heterocycles. The minimum atomic E-state index is -0.327. The van der Waals surface area contributed by atoms with Crippen LogP contribution in [0.1, 0.15) is 98.8 Å². The van der Waals surface area contributed by atoms with Gasteiger partial charge in [0.05, 0.1) is 18.8 Å². The zero-order chi connectivity index (χ0) is 20.3. The van der Waals surface area contributed by atoms with Gasteiger partial charge < -0.3 is 9.47 Å². The van der Waals surface area contributed by atoms with Gasteiger partial charge in [0.1, 0.15) is 0 Å². The van der Waals surface area contributed by atoms with Crippen LogP contribution >= 0.6 is 0 Å². The molecule has 0 unspecified atom stereocenters. The Morgan fingerprint density at radius 2 is 1.37 bits per heavy atom. The fraction of sp³-hybridized carbons (Fsp3) is 0.826. The summed E-state index contributed by atoms with van der Waals surface area (Å²) in [7, 11) is 0. The minimum absolute atomic E-state index is 0.108. The maximum Gasteiger partial charge on any atom is 0.334 e. The maximum absolute atomic E-state index is 13.0. The number of ether oxygens (including phenoxy) is 2. The Labute approximate surface area is 166 Å². The molecule has 0 N–H and O–H groups in total. The summed E-state index contributed by atoms with van der Waals surface area (Å²) in [5, 5.41) is 0. The van der Waals surface area contributed by atoms with Crippen LogP contribution in [0.15, 0.2) is 11.1 Å². The normalized spacial score (nSPS) is 16.6. The van der Waals surface area contributed by atoms with E-state index in [-0.39, 0.29) is 23.3 Å². The fourth-order valence-corrected chi connectivity index (χ4v) is 3.52. The molecule has 0 saturated heterocycles. The number of esters is 2. The van der Waals surface area contributed by atoms with Gasteiger partial charge in [0.2, 0.25) is 0 Å². The first kappa shape index (κ1) is 23.7. The highest BCUT2D eigenvalue weighted by Crippen LogP contribution is 2.36. The first-order valence-electron chi connectivity index (χ1n) is 10.9. The average molecular weight is 381 g/mol. The van der Waals surface area contributed by atoms with E-state index in [1.54, 1.807) is 0 Å². The van der Waals surface area contributed by atoms with Crippen LogP contribution < -0.4 is 0 Å². The average Bonchev–Trinajstić information content (AvgIpc) is 2.61. The fourth-order valence-electron chi connectivity index (χ4n) is 3.52. The summed E-state index contributed by atoms with van der Waals surface area (Å²) in [6.45, 7) is 11.2. The second-order valence-electron chi connectivity index (χ2n) is 8.94. The van der Waals surface area contributed by atoms with Crippen LogP contribution in [0, 0.1) is 11.3 Å². The third kappa shape index (κ3) is 8.94. The molecule has 0 aromatic heterocycles. The van der Waals surface area contributed by atoms with E-state index in [9.17, 15) is 9.59 Å². The third-order valence-electron chi connectivity index (χ3n) is 4.97. The standard InChI is InChI=1S/C23H40O4/c1-6-8-15-26-21(24)19(17-23(3,4)5)20(18-13-11-10-12-14-18)22(25)27-16-9-7-2/h18H,6-17H2,1-5H3. The Morgan fingerprint density at radius 3 is 1.85 bits per heavy atom. The zero-order valence-corrected chi connectivity index (χ0v) is 18.2. The summed E-state index contributed by atoms with van der Waals surface area (Å²) in [5.74, 6) is -0.516. The van der Waals surface area contributed by atoms with Crippen LogP contribution in [-0.4, -0.2) is 25.2 Å². The lowest BCUT2D eigenvalue weighted by atomic mass is 9.78. The van der Waals surface area contributed by atoms with Crippen molar-refractivity contribution in [2.45, 2.75) is 98.8 Å². The first-order chi connectivity index (χ1) is 12.8. The first-order valence-corrected chi connectivity index (χ1v) is 10.9. The highest BCUT2D eigenvalue weighted by Gasteiger charge is 2.33. The van der Waals surface area contributed by atoms with Crippen LogP contribution in [0.2, 0.25) is 0 Å². The number of carbonyl (C=O) groups is 2. The van der Waals surface area contributed by atoms with E-state index in [2.05, 4.69) is 34.6 Å². The molecule has 0 spiro atoms. The molecule has 27 heavy (non-hydrogen) atoms. The number of hydrogen-bond acceptors (Lipinski definition) is 4. The van der Waals surface area contributed by atoms with E-state index < -0.39 is 0 Å². The van der Waals surface area contributed by atoms with Gasteiger partial charge in [0.25, 0.3) is 0 Å². The Kier molecular flexibility index (Phi) is 10.7. The Hall–Kier alpha value is -1.32. The lowest BCUT2D eigenvalue weighted by molar-refractivity contribution is -0.143. The van der Waals surface area contributed by atoms with E-state index in [1.807, 2.05) is 0 Å². The number of rotatable bonds is 10. The van der Waals surface area contributed by atoms with E-state index >= 15 is 0 Å². The van der Waals surface area contributed by atoms with Crippen molar-refractivity contribution in [2.24, 2.45) is 11.3 Å². The molecule has 0 aromatic rings.